The van der Waals surface area contributed by atoms with Gasteiger partial charge < -0.3 is 14.8 Å². The molecule has 0 bridgehead atoms. The number of amides is 2. The van der Waals surface area contributed by atoms with Gasteiger partial charge in [0.25, 0.3) is 11.8 Å². The summed E-state index contributed by atoms with van der Waals surface area (Å²) in [6, 6.07) is 13.8. The van der Waals surface area contributed by atoms with Gasteiger partial charge >= 0.3 is 0 Å². The molecule has 36 heavy (non-hydrogen) atoms. The number of carbonyl (C=O) groups excluding carboxylic acids is 3. The van der Waals surface area contributed by atoms with Crippen molar-refractivity contribution in [1.29, 1.82) is 0 Å². The van der Waals surface area contributed by atoms with Crippen molar-refractivity contribution >= 4 is 28.5 Å². The predicted molar refractivity (Wildman–Crippen MR) is 142 cm³/mol. The molecule has 2 heterocycles. The quantitative estimate of drug-likeness (QED) is 0.400. The normalized spacial score (nSPS) is 16.4. The number of piperazine rings is 1. The molecule has 1 fully saturated rings. The first kappa shape index (κ1) is 25.6. The first-order valence-corrected chi connectivity index (χ1v) is 12.8. The number of aromatic nitrogens is 1. The number of rotatable bonds is 7. The van der Waals surface area contributed by atoms with E-state index < -0.39 is 11.7 Å². The topological polar surface area (TPSA) is 76.7 Å². The number of hydrogen-bond acceptors (Lipinski definition) is 4. The molecular weight excluding hydrogens is 452 g/mol. The van der Waals surface area contributed by atoms with Crippen LogP contribution >= 0.6 is 0 Å². The third-order valence-corrected chi connectivity index (χ3v) is 7.21. The van der Waals surface area contributed by atoms with E-state index in [1.807, 2.05) is 25.7 Å². The molecule has 2 amide bonds. The highest BCUT2D eigenvalue weighted by Crippen LogP contribution is 2.27. The number of likely N-dealkylation sites (N-methyl/N-ethyl adjacent to an activating group) is 1. The largest absolute Gasteiger partial charge is 0.358 e. The number of fused-ring (bicyclic) bond motifs is 1. The number of Topliss-reactive ketones (excluding diaryl/α,β-unsaturated/α-hetero) is 1. The molecule has 7 heteroatoms. The number of nitrogens with one attached hydrogen (secondary N) is 1. The van der Waals surface area contributed by atoms with Crippen LogP contribution in [0, 0.1) is 13.8 Å². The average molecular weight is 489 g/mol. The first-order valence-electron chi connectivity index (χ1n) is 12.8. The molecule has 7 nitrogen and oxygen atoms in total. The highest BCUT2D eigenvalue weighted by Gasteiger charge is 2.31. The minimum atomic E-state index is -0.545. The van der Waals surface area contributed by atoms with Crippen LogP contribution < -0.4 is 0 Å². The fourth-order valence-corrected chi connectivity index (χ4v) is 5.10. The molecule has 1 aliphatic rings. The third-order valence-electron chi connectivity index (χ3n) is 7.21. The van der Waals surface area contributed by atoms with Gasteiger partial charge in [0.2, 0.25) is 5.78 Å². The second kappa shape index (κ2) is 10.7. The molecule has 1 atom stereocenters. The minimum absolute atomic E-state index is 0.0408. The van der Waals surface area contributed by atoms with Crippen LogP contribution in [0.25, 0.3) is 10.9 Å². The summed E-state index contributed by atoms with van der Waals surface area (Å²) in [4.78, 5) is 48.4. The molecule has 0 saturated carbocycles. The molecular formula is C29H36N4O3. The predicted octanol–water partition coefficient (Wildman–Crippen LogP) is 4.18. The van der Waals surface area contributed by atoms with E-state index in [-0.39, 0.29) is 11.9 Å². The highest BCUT2D eigenvalue weighted by molar-refractivity contribution is 6.43. The van der Waals surface area contributed by atoms with Crippen LogP contribution in [0.1, 0.15) is 58.3 Å². The van der Waals surface area contributed by atoms with Crippen molar-refractivity contribution < 1.29 is 14.4 Å². The Morgan fingerprint density at radius 2 is 1.69 bits per heavy atom. The number of benzene rings is 2. The van der Waals surface area contributed by atoms with Crippen LogP contribution in [0.15, 0.2) is 42.5 Å². The number of ketones is 1. The van der Waals surface area contributed by atoms with Crippen LogP contribution in [0.3, 0.4) is 0 Å². The van der Waals surface area contributed by atoms with Gasteiger partial charge in [-0.1, -0.05) is 29.8 Å². The smallest absolute Gasteiger partial charge is 0.294 e. The number of carbonyl (C=O) groups is 3. The van der Waals surface area contributed by atoms with Crippen molar-refractivity contribution in [1.82, 2.24) is 19.7 Å². The monoisotopic (exact) mass is 488 g/mol. The number of H-pyrrole nitrogens is 1. The lowest BCUT2D eigenvalue weighted by Gasteiger charge is -2.40. The summed E-state index contributed by atoms with van der Waals surface area (Å²) in [5, 5.41) is 0.685. The van der Waals surface area contributed by atoms with E-state index in [0.29, 0.717) is 36.1 Å². The number of aromatic amines is 1. The Morgan fingerprint density at radius 3 is 2.33 bits per heavy atom. The molecule has 2 aromatic carbocycles. The molecule has 0 radical (unpaired) electrons. The van der Waals surface area contributed by atoms with E-state index in [0.717, 1.165) is 30.8 Å². The summed E-state index contributed by atoms with van der Waals surface area (Å²) in [6.07, 6.45) is 0. The van der Waals surface area contributed by atoms with Gasteiger partial charge in [-0.15, -0.1) is 0 Å². The van der Waals surface area contributed by atoms with Crippen molar-refractivity contribution in [3.8, 4) is 0 Å². The molecule has 0 spiro atoms. The van der Waals surface area contributed by atoms with Crippen molar-refractivity contribution in [2.45, 2.75) is 47.2 Å². The lowest BCUT2D eigenvalue weighted by Crippen LogP contribution is -2.53. The van der Waals surface area contributed by atoms with Crippen molar-refractivity contribution in [3.63, 3.8) is 0 Å². The van der Waals surface area contributed by atoms with Crippen molar-refractivity contribution in [2.24, 2.45) is 0 Å². The van der Waals surface area contributed by atoms with Crippen LogP contribution in [0.5, 0.6) is 0 Å². The molecule has 4 rings (SSSR count). The molecule has 0 aliphatic carbocycles. The van der Waals surface area contributed by atoms with Gasteiger partial charge in [-0.05, 0) is 58.4 Å². The van der Waals surface area contributed by atoms with E-state index >= 15 is 0 Å². The van der Waals surface area contributed by atoms with Gasteiger partial charge in [-0.25, -0.2) is 0 Å². The zero-order chi connectivity index (χ0) is 26.0. The third kappa shape index (κ3) is 5.07. The van der Waals surface area contributed by atoms with Gasteiger partial charge in [0.1, 0.15) is 0 Å². The van der Waals surface area contributed by atoms with Gasteiger partial charge in [-0.2, -0.15) is 0 Å². The van der Waals surface area contributed by atoms with E-state index in [9.17, 15) is 14.4 Å². The summed E-state index contributed by atoms with van der Waals surface area (Å²) in [5.74, 6) is -1.10. The van der Waals surface area contributed by atoms with Gasteiger partial charge in [-0.3, -0.25) is 19.3 Å². The fraction of sp³-hybridized carbons (Fsp3) is 0.414. The summed E-state index contributed by atoms with van der Waals surface area (Å²) in [5.41, 5.74) is 4.96. The summed E-state index contributed by atoms with van der Waals surface area (Å²) >= 11 is 0. The highest BCUT2D eigenvalue weighted by atomic mass is 16.2. The van der Waals surface area contributed by atoms with Crippen LogP contribution in [-0.4, -0.2) is 76.0 Å². The Kier molecular flexibility index (Phi) is 7.59. The van der Waals surface area contributed by atoms with E-state index in [2.05, 4.69) is 48.0 Å². The lowest BCUT2D eigenvalue weighted by molar-refractivity contribution is -0.126. The number of aryl methyl sites for hydroxylation is 2. The Morgan fingerprint density at radius 1 is 1.00 bits per heavy atom. The standard InChI is InChI=1S/C29H36N4O3/c1-6-32(7-2)29(36)27(34)23-12-13-25-24(16-23)26(21(5)30-25)28(35)33-15-14-31(17-20(33)4)18-22-10-8-19(3)9-11-22/h8-13,16,20,30H,6-7,14-15,17-18H2,1-5H3/t20-/m1/s1. The zero-order valence-corrected chi connectivity index (χ0v) is 21.9. The minimum Gasteiger partial charge on any atom is -0.358 e. The summed E-state index contributed by atoms with van der Waals surface area (Å²) < 4.78 is 0. The molecule has 1 aromatic heterocycles. The van der Waals surface area contributed by atoms with Gasteiger partial charge in [0, 0.05) is 67.5 Å². The molecule has 3 aromatic rings. The van der Waals surface area contributed by atoms with Gasteiger partial charge in [0.15, 0.2) is 0 Å². The van der Waals surface area contributed by atoms with Gasteiger partial charge in [0.05, 0.1) is 5.56 Å². The zero-order valence-electron chi connectivity index (χ0n) is 21.9. The Hall–Kier alpha value is -3.45. The van der Waals surface area contributed by atoms with Crippen molar-refractivity contribution in [2.75, 3.05) is 32.7 Å². The summed E-state index contributed by atoms with van der Waals surface area (Å²) in [6.45, 7) is 13.8. The van der Waals surface area contributed by atoms with Crippen molar-refractivity contribution in [3.05, 3.63) is 70.4 Å². The van der Waals surface area contributed by atoms with E-state index in [1.165, 1.54) is 16.0 Å². The van der Waals surface area contributed by atoms with Crippen LogP contribution in [0.2, 0.25) is 0 Å². The number of nitrogens with zero attached hydrogens (tertiary/aromatic N) is 3. The number of hydrogen-bond donors (Lipinski definition) is 1. The van der Waals surface area contributed by atoms with E-state index in [4.69, 9.17) is 0 Å². The molecule has 1 N–H and O–H groups in total. The lowest BCUT2D eigenvalue weighted by atomic mass is 10.0. The Bertz CT molecular complexity index is 1270. The average Bonchev–Trinajstić information content (AvgIpc) is 3.20. The van der Waals surface area contributed by atoms with Crippen LogP contribution in [-0.2, 0) is 11.3 Å². The summed E-state index contributed by atoms with van der Waals surface area (Å²) in [7, 11) is 0. The van der Waals surface area contributed by atoms with Crippen LogP contribution in [0.4, 0.5) is 0 Å². The molecule has 190 valence electrons. The molecule has 1 aliphatic heterocycles. The second-order valence-corrected chi connectivity index (χ2v) is 9.76. The van der Waals surface area contributed by atoms with E-state index in [1.54, 1.807) is 18.2 Å². The maximum Gasteiger partial charge on any atom is 0.294 e. The SMILES string of the molecule is CCN(CC)C(=O)C(=O)c1ccc2[nH]c(C)c(C(=O)N3CCN(Cc4ccc(C)cc4)C[C@H]3C)c2c1. The molecule has 0 unspecified atom stereocenters. The fourth-order valence-electron chi connectivity index (χ4n) is 5.10. The Balaban J connectivity index is 1.54. The first-order chi connectivity index (χ1) is 17.2. The maximum atomic E-state index is 13.8. The second-order valence-electron chi connectivity index (χ2n) is 9.76. The Labute approximate surface area is 213 Å². The maximum absolute atomic E-state index is 13.8. The molecule has 1 saturated heterocycles.